The number of nitrogens with zero attached hydrogens (tertiary/aromatic N) is 3. The Labute approximate surface area is 209 Å². The molecular formula is C25H23F5N6O. The monoisotopic (exact) mass is 518 g/mol. The molecule has 3 N–H and O–H groups in total. The van der Waals surface area contributed by atoms with Crippen LogP contribution in [0.25, 0.3) is 0 Å². The molecule has 7 nitrogen and oxygen atoms in total. The van der Waals surface area contributed by atoms with Crippen molar-refractivity contribution in [1.29, 1.82) is 0 Å². The third-order valence-corrected chi connectivity index (χ3v) is 6.58. The van der Waals surface area contributed by atoms with Gasteiger partial charge in [-0.05, 0) is 53.9 Å². The SMILES string of the molecule is O=C(N[C@@H]1CNC[C@H]1c1ccc(C(F)(F)F)c(F)c1)N1CCc2cnc(Nc3ccc(F)cc3)nc2C1. The average molecular weight is 518 g/mol. The number of hydrogen-bond donors (Lipinski definition) is 3. The summed E-state index contributed by atoms with van der Waals surface area (Å²) in [5, 5.41) is 9.06. The number of hydrogen-bond acceptors (Lipinski definition) is 5. The minimum absolute atomic E-state index is 0.238. The quantitative estimate of drug-likeness (QED) is 0.448. The highest BCUT2D eigenvalue weighted by Gasteiger charge is 2.36. The molecule has 2 aliphatic rings. The van der Waals surface area contributed by atoms with Gasteiger partial charge >= 0.3 is 12.2 Å². The third kappa shape index (κ3) is 5.48. The zero-order chi connectivity index (χ0) is 26.2. The van der Waals surface area contributed by atoms with E-state index >= 15 is 0 Å². The number of halogens is 5. The van der Waals surface area contributed by atoms with Crippen LogP contribution in [0.2, 0.25) is 0 Å². The van der Waals surface area contributed by atoms with Gasteiger partial charge in [0.1, 0.15) is 11.6 Å². The van der Waals surface area contributed by atoms with Gasteiger partial charge in [-0.15, -0.1) is 0 Å². The second-order valence-corrected chi connectivity index (χ2v) is 9.03. The summed E-state index contributed by atoms with van der Waals surface area (Å²) in [6.45, 7) is 1.47. The maximum atomic E-state index is 14.1. The molecule has 0 spiro atoms. The second-order valence-electron chi connectivity index (χ2n) is 9.03. The second kappa shape index (κ2) is 9.92. The molecule has 1 aromatic heterocycles. The first-order valence-electron chi connectivity index (χ1n) is 11.7. The van der Waals surface area contributed by atoms with Gasteiger partial charge in [0.2, 0.25) is 5.95 Å². The van der Waals surface area contributed by atoms with Crippen LogP contribution in [0, 0.1) is 11.6 Å². The Morgan fingerprint density at radius 1 is 1.08 bits per heavy atom. The normalized spacial score (nSPS) is 19.4. The molecule has 0 saturated carbocycles. The molecule has 194 valence electrons. The maximum Gasteiger partial charge on any atom is 0.419 e. The first-order valence-corrected chi connectivity index (χ1v) is 11.7. The number of rotatable bonds is 4. The minimum Gasteiger partial charge on any atom is -0.333 e. The number of anilines is 2. The van der Waals surface area contributed by atoms with Crippen molar-refractivity contribution in [2.75, 3.05) is 25.0 Å². The van der Waals surface area contributed by atoms with Crippen LogP contribution < -0.4 is 16.0 Å². The smallest absolute Gasteiger partial charge is 0.333 e. The first kappa shape index (κ1) is 24.9. The number of urea groups is 1. The fraction of sp³-hybridized carbons (Fsp3) is 0.320. The van der Waals surface area contributed by atoms with Gasteiger partial charge in [0.05, 0.1) is 23.8 Å². The number of amides is 2. The highest BCUT2D eigenvalue weighted by atomic mass is 19.4. The Hall–Kier alpha value is -3.80. The molecule has 0 radical (unpaired) electrons. The van der Waals surface area contributed by atoms with Crippen LogP contribution in [0.5, 0.6) is 0 Å². The van der Waals surface area contributed by atoms with E-state index in [9.17, 15) is 26.7 Å². The molecular weight excluding hydrogens is 495 g/mol. The van der Waals surface area contributed by atoms with E-state index < -0.39 is 23.6 Å². The Morgan fingerprint density at radius 2 is 1.86 bits per heavy atom. The number of nitrogens with one attached hydrogen (secondary N) is 3. The molecule has 3 aromatic rings. The highest BCUT2D eigenvalue weighted by molar-refractivity contribution is 5.75. The van der Waals surface area contributed by atoms with Crippen LogP contribution in [0.15, 0.2) is 48.7 Å². The number of benzene rings is 2. The van der Waals surface area contributed by atoms with Gasteiger partial charge in [0, 0.05) is 37.4 Å². The number of fused-ring (bicyclic) bond motifs is 1. The summed E-state index contributed by atoms with van der Waals surface area (Å²) in [5.74, 6) is -1.76. The van der Waals surface area contributed by atoms with Crippen LogP contribution >= 0.6 is 0 Å². The van der Waals surface area contributed by atoms with Gasteiger partial charge in [-0.25, -0.2) is 23.5 Å². The molecule has 1 saturated heterocycles. The Kier molecular flexibility index (Phi) is 6.67. The molecule has 1 fully saturated rings. The number of carbonyl (C=O) groups is 1. The lowest BCUT2D eigenvalue weighted by Gasteiger charge is -2.30. The molecule has 12 heteroatoms. The molecule has 2 aromatic carbocycles. The van der Waals surface area contributed by atoms with Crippen molar-refractivity contribution in [3.05, 3.63) is 82.7 Å². The third-order valence-electron chi connectivity index (χ3n) is 6.58. The van der Waals surface area contributed by atoms with E-state index in [0.717, 1.165) is 17.7 Å². The van der Waals surface area contributed by atoms with Crippen molar-refractivity contribution < 1.29 is 26.7 Å². The van der Waals surface area contributed by atoms with E-state index in [1.54, 1.807) is 23.2 Å². The molecule has 2 atom stereocenters. The van der Waals surface area contributed by atoms with Crippen molar-refractivity contribution in [3.8, 4) is 0 Å². The zero-order valence-corrected chi connectivity index (χ0v) is 19.4. The predicted octanol–water partition coefficient (Wildman–Crippen LogP) is 4.34. The topological polar surface area (TPSA) is 82.2 Å². The summed E-state index contributed by atoms with van der Waals surface area (Å²) in [6.07, 6.45) is -2.53. The summed E-state index contributed by atoms with van der Waals surface area (Å²) in [7, 11) is 0. The average Bonchev–Trinajstić information content (AvgIpc) is 3.32. The molecule has 2 aliphatic heterocycles. The maximum absolute atomic E-state index is 14.1. The van der Waals surface area contributed by atoms with E-state index in [0.29, 0.717) is 48.9 Å². The van der Waals surface area contributed by atoms with E-state index in [-0.39, 0.29) is 24.3 Å². The number of aromatic nitrogens is 2. The molecule has 0 unspecified atom stereocenters. The van der Waals surface area contributed by atoms with Crippen LogP contribution in [0.3, 0.4) is 0 Å². The van der Waals surface area contributed by atoms with Crippen LogP contribution in [0.4, 0.5) is 38.4 Å². The van der Waals surface area contributed by atoms with Crippen molar-refractivity contribution in [1.82, 2.24) is 25.5 Å². The van der Waals surface area contributed by atoms with Crippen LogP contribution in [-0.4, -0.2) is 46.6 Å². The Morgan fingerprint density at radius 3 is 2.59 bits per heavy atom. The Bertz CT molecular complexity index is 1300. The van der Waals surface area contributed by atoms with Crippen molar-refractivity contribution >= 4 is 17.7 Å². The summed E-state index contributed by atoms with van der Waals surface area (Å²) < 4.78 is 66.1. The lowest BCUT2D eigenvalue weighted by molar-refractivity contribution is -0.140. The van der Waals surface area contributed by atoms with Gasteiger partial charge in [0.15, 0.2) is 0 Å². The van der Waals surface area contributed by atoms with Crippen LogP contribution in [0.1, 0.15) is 28.3 Å². The molecule has 2 amide bonds. The fourth-order valence-corrected chi connectivity index (χ4v) is 4.62. The van der Waals surface area contributed by atoms with Gasteiger partial charge in [-0.2, -0.15) is 13.2 Å². The number of carbonyl (C=O) groups excluding carboxylic acids is 1. The summed E-state index contributed by atoms with van der Waals surface area (Å²) >= 11 is 0. The van der Waals surface area contributed by atoms with E-state index in [2.05, 4.69) is 25.9 Å². The lowest BCUT2D eigenvalue weighted by atomic mass is 9.93. The highest BCUT2D eigenvalue weighted by Crippen LogP contribution is 2.34. The van der Waals surface area contributed by atoms with E-state index in [1.165, 1.54) is 18.2 Å². The molecule has 5 rings (SSSR count). The molecule has 0 bridgehead atoms. The largest absolute Gasteiger partial charge is 0.419 e. The molecule has 3 heterocycles. The van der Waals surface area contributed by atoms with Gasteiger partial charge < -0.3 is 20.9 Å². The summed E-state index contributed by atoms with van der Waals surface area (Å²) in [6, 6.07) is 7.87. The van der Waals surface area contributed by atoms with Gasteiger partial charge in [0.25, 0.3) is 0 Å². The van der Waals surface area contributed by atoms with Gasteiger partial charge in [-0.1, -0.05) is 6.07 Å². The molecule has 0 aliphatic carbocycles. The minimum atomic E-state index is -4.77. The fourth-order valence-electron chi connectivity index (χ4n) is 4.62. The first-order chi connectivity index (χ1) is 17.7. The van der Waals surface area contributed by atoms with E-state index in [4.69, 9.17) is 0 Å². The van der Waals surface area contributed by atoms with Crippen LogP contribution in [-0.2, 0) is 19.1 Å². The standard InChI is InChI=1S/C25H23F5N6O/c26-16-2-4-17(5-3-16)33-23-32-10-15-7-8-36(13-22(15)34-23)24(37)35-21-12-31-11-18(21)14-1-6-19(20(27)9-14)25(28,29)30/h1-6,9-10,18,21,31H,7-8,11-13H2,(H,35,37)(H,32,33,34)/t18-,21+/m0/s1. The van der Waals surface area contributed by atoms with Crippen molar-refractivity contribution in [3.63, 3.8) is 0 Å². The summed E-state index contributed by atoms with van der Waals surface area (Å²) in [4.78, 5) is 23.5. The number of alkyl halides is 3. The van der Waals surface area contributed by atoms with Crippen molar-refractivity contribution in [2.24, 2.45) is 0 Å². The lowest BCUT2D eigenvalue weighted by Crippen LogP contribution is -2.48. The summed E-state index contributed by atoms with van der Waals surface area (Å²) in [5.41, 5.74) is 1.27. The van der Waals surface area contributed by atoms with Gasteiger partial charge in [-0.3, -0.25) is 0 Å². The van der Waals surface area contributed by atoms with E-state index in [1.807, 2.05) is 0 Å². The zero-order valence-electron chi connectivity index (χ0n) is 19.4. The van der Waals surface area contributed by atoms with Crippen molar-refractivity contribution in [2.45, 2.75) is 31.1 Å². The predicted molar refractivity (Wildman–Crippen MR) is 125 cm³/mol. The molecule has 37 heavy (non-hydrogen) atoms. The Balaban J connectivity index is 1.25.